The van der Waals surface area contributed by atoms with E-state index in [1.807, 2.05) is 0 Å². The highest BCUT2D eigenvalue weighted by Gasteiger charge is 2.33. The molecule has 0 saturated heterocycles. The van der Waals surface area contributed by atoms with Crippen LogP contribution in [0.4, 0.5) is 10.8 Å². The highest BCUT2D eigenvalue weighted by molar-refractivity contribution is 7.13. The maximum Gasteiger partial charge on any atom is 0.292 e. The van der Waals surface area contributed by atoms with Crippen LogP contribution in [0.1, 0.15) is 18.5 Å². The molecule has 2 aromatic rings. The van der Waals surface area contributed by atoms with Crippen LogP contribution in [0.2, 0.25) is 15.1 Å². The molecule has 3 N–H and O–H groups in total. The molecule has 0 aliphatic carbocycles. The normalized spacial score (nSPS) is 11.8. The zero-order chi connectivity index (χ0) is 18.0. The van der Waals surface area contributed by atoms with Crippen LogP contribution in [0.5, 0.6) is 0 Å². The van der Waals surface area contributed by atoms with E-state index in [1.165, 1.54) is 24.4 Å². The Labute approximate surface area is 155 Å². The van der Waals surface area contributed by atoms with Gasteiger partial charge in [-0.05, 0) is 19.1 Å². The van der Waals surface area contributed by atoms with Gasteiger partial charge in [-0.25, -0.2) is 4.98 Å². The predicted octanol–water partition coefficient (Wildman–Crippen LogP) is 3.57. The van der Waals surface area contributed by atoms with E-state index < -0.39 is 23.4 Å². The standard InChI is InChI=1S/C14H10Cl3N3O3S/c1-5(21)11(10-4-24-14(18)20-10)12(22)13(23)19-9-3-7(16)6(15)2-8(9)17/h2-4,11H,1H3,(H2,18,20)(H,19,23)/t11-/m0/s1. The van der Waals surface area contributed by atoms with Gasteiger partial charge in [-0.15, -0.1) is 11.3 Å². The average Bonchev–Trinajstić information content (AvgIpc) is 2.90. The Kier molecular flexibility index (Phi) is 5.82. The van der Waals surface area contributed by atoms with E-state index >= 15 is 0 Å². The lowest BCUT2D eigenvalue weighted by molar-refractivity contribution is -0.138. The minimum Gasteiger partial charge on any atom is -0.375 e. The van der Waals surface area contributed by atoms with Crippen LogP contribution in [0.15, 0.2) is 17.5 Å². The van der Waals surface area contributed by atoms with Crippen LogP contribution < -0.4 is 11.1 Å². The first-order valence-corrected chi connectivity index (χ1v) is 8.43. The summed E-state index contributed by atoms with van der Waals surface area (Å²) in [6, 6.07) is 2.64. The smallest absolute Gasteiger partial charge is 0.292 e. The molecule has 0 unspecified atom stereocenters. The molecular weight excluding hydrogens is 397 g/mol. The quantitative estimate of drug-likeness (QED) is 0.449. The second-order valence-corrected chi connectivity index (χ2v) is 6.83. The van der Waals surface area contributed by atoms with E-state index in [-0.39, 0.29) is 31.6 Å². The molecule has 1 heterocycles. The Morgan fingerprint density at radius 1 is 1.17 bits per heavy atom. The van der Waals surface area contributed by atoms with Gasteiger partial charge in [-0.1, -0.05) is 34.8 Å². The average molecular weight is 407 g/mol. The fourth-order valence-corrected chi connectivity index (χ4v) is 3.08. The first-order valence-electron chi connectivity index (χ1n) is 6.41. The summed E-state index contributed by atoms with van der Waals surface area (Å²) < 4.78 is 0. The molecule has 10 heteroatoms. The van der Waals surface area contributed by atoms with Crippen molar-refractivity contribution in [2.24, 2.45) is 0 Å². The van der Waals surface area contributed by atoms with Crippen molar-refractivity contribution in [2.45, 2.75) is 12.8 Å². The lowest BCUT2D eigenvalue weighted by Gasteiger charge is -2.12. The van der Waals surface area contributed by atoms with E-state index in [1.54, 1.807) is 0 Å². The van der Waals surface area contributed by atoms with Gasteiger partial charge >= 0.3 is 0 Å². The third-order valence-electron chi connectivity index (χ3n) is 2.99. The molecule has 1 amide bonds. The minimum absolute atomic E-state index is 0.0998. The monoisotopic (exact) mass is 405 g/mol. The van der Waals surface area contributed by atoms with Crippen LogP contribution >= 0.6 is 46.1 Å². The van der Waals surface area contributed by atoms with Crippen molar-refractivity contribution in [1.29, 1.82) is 0 Å². The minimum atomic E-state index is -1.33. The number of thiazole rings is 1. The summed E-state index contributed by atoms with van der Waals surface area (Å²) in [5.74, 6) is -3.86. The van der Waals surface area contributed by atoms with Gasteiger partial charge in [0.1, 0.15) is 11.7 Å². The van der Waals surface area contributed by atoms with Gasteiger partial charge in [0.05, 0.1) is 26.4 Å². The molecule has 0 bridgehead atoms. The van der Waals surface area contributed by atoms with Crippen LogP contribution in [0, 0.1) is 0 Å². The number of nitrogens with zero attached hydrogens (tertiary/aromatic N) is 1. The number of amides is 1. The topological polar surface area (TPSA) is 102 Å². The number of rotatable bonds is 5. The third kappa shape index (κ3) is 4.05. The Morgan fingerprint density at radius 2 is 1.79 bits per heavy atom. The molecule has 0 saturated carbocycles. The number of nitrogens with two attached hydrogens (primary N) is 1. The maximum absolute atomic E-state index is 12.4. The van der Waals surface area contributed by atoms with E-state index in [2.05, 4.69) is 10.3 Å². The van der Waals surface area contributed by atoms with Gasteiger partial charge in [-0.2, -0.15) is 0 Å². The fraction of sp³-hybridized carbons (Fsp3) is 0.143. The Bertz CT molecular complexity index is 838. The highest BCUT2D eigenvalue weighted by atomic mass is 35.5. The first kappa shape index (κ1) is 18.7. The Balaban J connectivity index is 2.26. The molecule has 1 aromatic carbocycles. The number of anilines is 2. The molecule has 0 aliphatic rings. The molecule has 0 spiro atoms. The number of hydrogen-bond donors (Lipinski definition) is 2. The maximum atomic E-state index is 12.4. The van der Waals surface area contributed by atoms with Gasteiger partial charge in [-0.3, -0.25) is 14.4 Å². The first-order chi connectivity index (χ1) is 11.2. The number of halogens is 3. The molecular formula is C14H10Cl3N3O3S. The number of ketones is 2. The summed E-state index contributed by atoms with van der Waals surface area (Å²) in [5.41, 5.74) is 5.74. The third-order valence-corrected chi connectivity index (χ3v) is 4.71. The summed E-state index contributed by atoms with van der Waals surface area (Å²) in [5, 5.41) is 4.42. The number of carbonyl (C=O) groups excluding carboxylic acids is 3. The van der Waals surface area contributed by atoms with Crippen molar-refractivity contribution in [3.05, 3.63) is 38.3 Å². The van der Waals surface area contributed by atoms with Crippen molar-refractivity contribution in [3.8, 4) is 0 Å². The van der Waals surface area contributed by atoms with Crippen molar-refractivity contribution in [3.63, 3.8) is 0 Å². The van der Waals surface area contributed by atoms with Crippen molar-refractivity contribution >= 4 is 74.4 Å². The molecule has 126 valence electrons. The number of benzene rings is 1. The van der Waals surface area contributed by atoms with Crippen molar-refractivity contribution in [1.82, 2.24) is 4.98 Å². The predicted molar refractivity (Wildman–Crippen MR) is 95.1 cm³/mol. The van der Waals surface area contributed by atoms with E-state index in [4.69, 9.17) is 40.5 Å². The van der Waals surface area contributed by atoms with Crippen LogP contribution in [0.25, 0.3) is 0 Å². The lowest BCUT2D eigenvalue weighted by Crippen LogP contribution is -2.32. The van der Waals surface area contributed by atoms with E-state index in [0.717, 1.165) is 11.3 Å². The molecule has 0 fully saturated rings. The molecule has 24 heavy (non-hydrogen) atoms. The van der Waals surface area contributed by atoms with Crippen LogP contribution in [0.3, 0.4) is 0 Å². The molecule has 6 nitrogen and oxygen atoms in total. The second kappa shape index (κ2) is 7.48. The summed E-state index contributed by atoms with van der Waals surface area (Å²) in [7, 11) is 0. The Hall–Kier alpha value is -1.67. The van der Waals surface area contributed by atoms with Gasteiger partial charge < -0.3 is 11.1 Å². The summed E-state index contributed by atoms with van der Waals surface area (Å²) in [4.78, 5) is 40.2. The number of carbonyl (C=O) groups is 3. The summed E-state index contributed by atoms with van der Waals surface area (Å²) >= 11 is 18.7. The second-order valence-electron chi connectivity index (χ2n) is 4.72. The zero-order valence-electron chi connectivity index (χ0n) is 12.1. The molecule has 0 radical (unpaired) electrons. The number of aromatic nitrogens is 1. The number of hydrogen-bond acceptors (Lipinski definition) is 6. The largest absolute Gasteiger partial charge is 0.375 e. The number of nitrogens with one attached hydrogen (secondary N) is 1. The van der Waals surface area contributed by atoms with Crippen molar-refractivity contribution < 1.29 is 14.4 Å². The summed E-state index contributed by atoms with van der Waals surface area (Å²) in [6.45, 7) is 1.19. The van der Waals surface area contributed by atoms with Crippen LogP contribution in [-0.4, -0.2) is 22.5 Å². The SMILES string of the molecule is CC(=O)[C@H](C(=O)C(=O)Nc1cc(Cl)c(Cl)cc1Cl)c1csc(N)n1. The molecule has 1 aromatic heterocycles. The number of Topliss-reactive ketones (excluding diaryl/α,β-unsaturated/α-hetero) is 2. The fourth-order valence-electron chi connectivity index (χ4n) is 1.89. The highest BCUT2D eigenvalue weighted by Crippen LogP contribution is 2.32. The summed E-state index contributed by atoms with van der Waals surface area (Å²) in [6.07, 6.45) is 0. The molecule has 1 atom stereocenters. The van der Waals surface area contributed by atoms with Gasteiger partial charge in [0.2, 0.25) is 5.78 Å². The lowest BCUT2D eigenvalue weighted by atomic mass is 9.96. The molecule has 0 aliphatic heterocycles. The van der Waals surface area contributed by atoms with Crippen molar-refractivity contribution in [2.75, 3.05) is 11.1 Å². The van der Waals surface area contributed by atoms with E-state index in [9.17, 15) is 14.4 Å². The van der Waals surface area contributed by atoms with Crippen LogP contribution in [-0.2, 0) is 14.4 Å². The van der Waals surface area contributed by atoms with Gasteiger partial charge in [0.15, 0.2) is 5.13 Å². The Morgan fingerprint density at radius 3 is 2.33 bits per heavy atom. The number of nitrogen functional groups attached to an aromatic ring is 1. The van der Waals surface area contributed by atoms with Gasteiger partial charge in [0, 0.05) is 5.38 Å². The van der Waals surface area contributed by atoms with E-state index in [0.29, 0.717) is 0 Å². The van der Waals surface area contributed by atoms with Gasteiger partial charge in [0.25, 0.3) is 5.91 Å². The zero-order valence-corrected chi connectivity index (χ0v) is 15.2. The molecule has 2 rings (SSSR count).